The van der Waals surface area contributed by atoms with Crippen LogP contribution < -0.4 is 14.8 Å². The Morgan fingerprint density at radius 1 is 1.12 bits per heavy atom. The quantitative estimate of drug-likeness (QED) is 0.289. The van der Waals surface area contributed by atoms with Gasteiger partial charge >= 0.3 is 0 Å². The second kappa shape index (κ2) is 12.4. The fourth-order valence-corrected chi connectivity index (χ4v) is 7.82. The Kier molecular flexibility index (Phi) is 9.04. The second-order valence-corrected chi connectivity index (χ2v) is 14.5. The summed E-state index contributed by atoms with van der Waals surface area (Å²) in [5, 5.41) is 18.1. The normalized spacial score (nSPS) is 20.1. The van der Waals surface area contributed by atoms with E-state index in [1.54, 1.807) is 23.7 Å². The van der Waals surface area contributed by atoms with E-state index < -0.39 is 31.8 Å². The van der Waals surface area contributed by atoms with Crippen molar-refractivity contribution in [3.8, 4) is 11.4 Å². The Labute approximate surface area is 246 Å². The van der Waals surface area contributed by atoms with Crippen LogP contribution in [0.4, 0.5) is 0 Å². The van der Waals surface area contributed by atoms with E-state index in [1.807, 2.05) is 30.3 Å². The summed E-state index contributed by atoms with van der Waals surface area (Å²) in [4.78, 5) is 0.292. The van der Waals surface area contributed by atoms with E-state index in [4.69, 9.17) is 9.47 Å². The molecule has 5 rings (SSSR count). The number of benzene rings is 2. The van der Waals surface area contributed by atoms with Crippen LogP contribution in [0.1, 0.15) is 25.0 Å². The third-order valence-electron chi connectivity index (χ3n) is 7.90. The Balaban J connectivity index is 1.10. The molecule has 1 spiro atoms. The molecule has 2 aromatic carbocycles. The number of para-hydroxylation sites is 1. The smallest absolute Gasteiger partial charge is 0.246 e. The molecule has 0 saturated carbocycles. The molecule has 2 saturated heterocycles. The molecule has 0 bridgehead atoms. The number of aliphatic hydroxyl groups is 1. The topological polar surface area (TPSA) is 152 Å². The lowest BCUT2D eigenvalue weighted by Gasteiger charge is -2.38. The van der Waals surface area contributed by atoms with Gasteiger partial charge in [0.25, 0.3) is 0 Å². The van der Waals surface area contributed by atoms with Crippen molar-refractivity contribution >= 4 is 20.0 Å². The summed E-state index contributed by atoms with van der Waals surface area (Å²) in [5.74, 6) is 0.345. The standard InChI is InChI=1S/C28H37N5O7S2/c1-21-27(18-31-33(21)23-7-4-3-5-8-23)42(37,38)32-13-11-28(12-14-32)16-22(19-40-28)30-17-24(34)20-39-25-9-6-10-26(15-25)41(35,36)29-2/h3-10,15,18,22,24,29-30,34H,11-14,16-17,19-20H2,1-2H3/t22-,24?/m1/s1. The fraction of sp³-hybridized carbons (Fsp3) is 0.464. The van der Waals surface area contributed by atoms with E-state index in [1.165, 1.54) is 29.7 Å². The van der Waals surface area contributed by atoms with E-state index in [2.05, 4.69) is 15.1 Å². The van der Waals surface area contributed by atoms with Crippen LogP contribution >= 0.6 is 0 Å². The zero-order chi connectivity index (χ0) is 30.0. The summed E-state index contributed by atoms with van der Waals surface area (Å²) in [6.45, 7) is 3.19. The van der Waals surface area contributed by atoms with E-state index >= 15 is 0 Å². The lowest BCUT2D eigenvalue weighted by atomic mass is 9.88. The average Bonchev–Trinajstić information content (AvgIpc) is 3.59. The highest BCUT2D eigenvalue weighted by Gasteiger charge is 2.45. The number of hydrogen-bond donors (Lipinski definition) is 3. The van der Waals surface area contributed by atoms with Gasteiger partial charge in [-0.05, 0) is 57.5 Å². The number of ether oxygens (including phenoxy) is 2. The van der Waals surface area contributed by atoms with Crippen molar-refractivity contribution < 1.29 is 31.4 Å². The largest absolute Gasteiger partial charge is 0.491 e. The van der Waals surface area contributed by atoms with Gasteiger partial charge in [0.1, 0.15) is 23.4 Å². The van der Waals surface area contributed by atoms with Crippen LogP contribution in [-0.2, 0) is 24.8 Å². The third kappa shape index (κ3) is 6.54. The SMILES string of the molecule is CNS(=O)(=O)c1cccc(OCC(O)CN[C@H]2COC3(CCN(S(=O)(=O)c4cnn(-c5ccccc5)c4C)CC3)C2)c1. The van der Waals surface area contributed by atoms with E-state index in [-0.39, 0.29) is 29.0 Å². The van der Waals surface area contributed by atoms with Crippen molar-refractivity contribution in [1.29, 1.82) is 0 Å². The molecule has 0 amide bonds. The van der Waals surface area contributed by atoms with Gasteiger partial charge < -0.3 is 19.9 Å². The highest BCUT2D eigenvalue weighted by Crippen LogP contribution is 2.37. The van der Waals surface area contributed by atoms with Crippen LogP contribution in [0.25, 0.3) is 5.69 Å². The summed E-state index contributed by atoms with van der Waals surface area (Å²) >= 11 is 0. The number of rotatable bonds is 11. The Morgan fingerprint density at radius 2 is 1.86 bits per heavy atom. The first kappa shape index (κ1) is 30.6. The molecule has 0 aliphatic carbocycles. The first-order valence-electron chi connectivity index (χ1n) is 13.8. The monoisotopic (exact) mass is 619 g/mol. The van der Waals surface area contributed by atoms with Crippen molar-refractivity contribution in [3.63, 3.8) is 0 Å². The molecule has 2 atom stereocenters. The molecule has 3 N–H and O–H groups in total. The van der Waals surface area contributed by atoms with Gasteiger partial charge in [-0.3, -0.25) is 0 Å². The molecule has 3 aromatic rings. The molecular weight excluding hydrogens is 582 g/mol. The van der Waals surface area contributed by atoms with Gasteiger partial charge in [0.15, 0.2) is 0 Å². The minimum Gasteiger partial charge on any atom is -0.491 e. The van der Waals surface area contributed by atoms with Gasteiger partial charge in [-0.25, -0.2) is 26.2 Å². The van der Waals surface area contributed by atoms with Gasteiger partial charge in [-0.15, -0.1) is 0 Å². The number of piperidine rings is 1. The van der Waals surface area contributed by atoms with Crippen LogP contribution in [-0.4, -0.2) is 93.7 Å². The number of aliphatic hydroxyl groups excluding tert-OH is 1. The van der Waals surface area contributed by atoms with Gasteiger partial charge in [-0.2, -0.15) is 9.40 Å². The molecule has 2 fully saturated rings. The third-order valence-corrected chi connectivity index (χ3v) is 11.3. The highest BCUT2D eigenvalue weighted by molar-refractivity contribution is 7.89. The van der Waals surface area contributed by atoms with Crippen LogP contribution in [0.2, 0.25) is 0 Å². The first-order valence-corrected chi connectivity index (χ1v) is 16.8. The fourth-order valence-electron chi connectivity index (χ4n) is 5.48. The maximum atomic E-state index is 13.5. The highest BCUT2D eigenvalue weighted by atomic mass is 32.2. The number of aromatic nitrogens is 2. The van der Waals surface area contributed by atoms with Crippen LogP contribution in [0.5, 0.6) is 5.75 Å². The summed E-state index contributed by atoms with van der Waals surface area (Å²) < 4.78 is 68.2. The molecule has 0 radical (unpaired) electrons. The molecular formula is C28H37N5O7S2. The number of nitrogens with one attached hydrogen (secondary N) is 2. The Bertz CT molecular complexity index is 1590. The van der Waals surface area contributed by atoms with Crippen LogP contribution in [0.3, 0.4) is 0 Å². The summed E-state index contributed by atoms with van der Waals surface area (Å²) in [6.07, 6.45) is 2.47. The summed E-state index contributed by atoms with van der Waals surface area (Å²) in [6, 6.07) is 15.5. The Hall–Kier alpha value is -2.85. The Morgan fingerprint density at radius 3 is 2.57 bits per heavy atom. The number of nitrogens with zero attached hydrogens (tertiary/aromatic N) is 3. The van der Waals surface area contributed by atoms with E-state index in [0.29, 0.717) is 50.4 Å². The molecule has 228 valence electrons. The zero-order valence-corrected chi connectivity index (χ0v) is 25.3. The molecule has 1 unspecified atom stereocenters. The lowest BCUT2D eigenvalue weighted by molar-refractivity contribution is -0.0312. The predicted molar refractivity (Wildman–Crippen MR) is 156 cm³/mol. The summed E-state index contributed by atoms with van der Waals surface area (Å²) in [5.41, 5.74) is 0.965. The van der Waals surface area contributed by atoms with Gasteiger partial charge in [0.2, 0.25) is 20.0 Å². The van der Waals surface area contributed by atoms with Crippen molar-refractivity contribution in [1.82, 2.24) is 24.1 Å². The van der Waals surface area contributed by atoms with Crippen molar-refractivity contribution in [2.75, 3.05) is 39.9 Å². The predicted octanol–water partition coefficient (Wildman–Crippen LogP) is 1.43. The molecule has 2 aliphatic rings. The lowest BCUT2D eigenvalue weighted by Crippen LogP contribution is -2.47. The van der Waals surface area contributed by atoms with Gasteiger partial charge in [-0.1, -0.05) is 24.3 Å². The van der Waals surface area contributed by atoms with Crippen molar-refractivity contribution in [2.24, 2.45) is 0 Å². The molecule has 14 heteroatoms. The van der Waals surface area contributed by atoms with Crippen LogP contribution in [0.15, 0.2) is 70.6 Å². The maximum Gasteiger partial charge on any atom is 0.246 e. The average molecular weight is 620 g/mol. The molecule has 2 aliphatic heterocycles. The van der Waals surface area contributed by atoms with E-state index in [0.717, 1.165) is 5.69 Å². The van der Waals surface area contributed by atoms with Gasteiger partial charge in [0.05, 0.1) is 34.7 Å². The molecule has 12 nitrogen and oxygen atoms in total. The maximum absolute atomic E-state index is 13.5. The van der Waals surface area contributed by atoms with Crippen molar-refractivity contribution in [3.05, 3.63) is 66.5 Å². The molecule has 42 heavy (non-hydrogen) atoms. The van der Waals surface area contributed by atoms with Crippen molar-refractivity contribution in [2.45, 2.75) is 53.7 Å². The minimum atomic E-state index is -3.71. The van der Waals surface area contributed by atoms with Crippen LogP contribution in [0, 0.1) is 6.92 Å². The number of hydrogen-bond acceptors (Lipinski definition) is 9. The first-order chi connectivity index (χ1) is 20.0. The van der Waals surface area contributed by atoms with Gasteiger partial charge in [0, 0.05) is 31.7 Å². The zero-order valence-electron chi connectivity index (χ0n) is 23.6. The number of sulfonamides is 2. The summed E-state index contributed by atoms with van der Waals surface area (Å²) in [7, 11) is -5.96. The molecule has 1 aromatic heterocycles. The second-order valence-electron chi connectivity index (χ2n) is 10.7. The molecule has 3 heterocycles. The van der Waals surface area contributed by atoms with E-state index in [9.17, 15) is 21.9 Å². The minimum absolute atomic E-state index is 0.0120.